The second-order valence-corrected chi connectivity index (χ2v) is 19.9. The van der Waals surface area contributed by atoms with Gasteiger partial charge < -0.3 is 44.9 Å². The third-order valence-electron chi connectivity index (χ3n) is 15.0. The van der Waals surface area contributed by atoms with E-state index in [1.165, 1.54) is 17.7 Å². The number of hydrogen-bond acceptors (Lipinski definition) is 11. The standard InChI is InChI=1S/C58H65N5O9/c64-50-21-19-48(49-20-22-52(66)60-54(49)50)51(65)36-59-29-23-41-15-17-44(18-16-41)55(68)62-33-27-57(28-34-62)26-8-30-63(40-57)53(67)39-71-47-14-7-13-46(35-47)58(70,45-11-5-2-6-12-45)56(69)72-38-43-24-31-61(32-25-43)37-42-9-3-1-4-10-42/h1-7,9-22,35,43,51,59,64-65,70H,8,23-34,36-40H2,(H,60,66)/t51-,58-/m0/s1. The lowest BCUT2D eigenvalue weighted by Crippen LogP contribution is -2.52. The van der Waals surface area contributed by atoms with Gasteiger partial charge in [-0.3, -0.25) is 19.3 Å². The number of carbonyl (C=O) groups excluding carboxylic acids is 3. The molecular formula is C58H65N5O9. The van der Waals surface area contributed by atoms with Gasteiger partial charge in [0.1, 0.15) is 11.5 Å². The van der Waals surface area contributed by atoms with Gasteiger partial charge in [0.2, 0.25) is 11.2 Å². The summed E-state index contributed by atoms with van der Waals surface area (Å²) in [5.41, 5.74) is 2.00. The molecule has 9 rings (SSSR count). The van der Waals surface area contributed by atoms with Crippen LogP contribution in [0.15, 0.2) is 138 Å². The molecule has 72 heavy (non-hydrogen) atoms. The monoisotopic (exact) mass is 975 g/mol. The number of aliphatic hydroxyl groups is 2. The summed E-state index contributed by atoms with van der Waals surface area (Å²) in [5, 5.41) is 37.2. The van der Waals surface area contributed by atoms with Crippen molar-refractivity contribution in [2.75, 3.05) is 65.6 Å². The maximum absolute atomic E-state index is 14.0. The topological polar surface area (TPSA) is 185 Å². The lowest BCUT2D eigenvalue weighted by atomic mass is 9.72. The van der Waals surface area contributed by atoms with E-state index < -0.39 is 17.7 Å². The maximum atomic E-state index is 14.0. The molecule has 6 aromatic rings. The van der Waals surface area contributed by atoms with Crippen LogP contribution in [0.2, 0.25) is 0 Å². The van der Waals surface area contributed by atoms with Crippen LogP contribution in [0.25, 0.3) is 10.9 Å². The van der Waals surface area contributed by atoms with Gasteiger partial charge >= 0.3 is 5.97 Å². The third kappa shape index (κ3) is 11.7. The van der Waals surface area contributed by atoms with Crippen molar-refractivity contribution in [1.82, 2.24) is 25.0 Å². The molecule has 4 heterocycles. The Morgan fingerprint density at radius 2 is 1.50 bits per heavy atom. The van der Waals surface area contributed by atoms with E-state index in [0.717, 1.165) is 63.7 Å². The molecule has 0 unspecified atom stereocenters. The number of fused-ring (bicyclic) bond motifs is 1. The molecule has 5 aromatic carbocycles. The number of carbonyl (C=O) groups is 3. The second kappa shape index (κ2) is 22.7. The Morgan fingerprint density at radius 1 is 0.778 bits per heavy atom. The molecule has 0 radical (unpaired) electrons. The minimum atomic E-state index is -2.10. The fraction of sp³-hybridized carbons (Fsp3) is 0.379. The van der Waals surface area contributed by atoms with E-state index in [1.54, 1.807) is 60.7 Å². The summed E-state index contributed by atoms with van der Waals surface area (Å²) in [6.07, 6.45) is 5.04. The van der Waals surface area contributed by atoms with Crippen molar-refractivity contribution in [2.24, 2.45) is 11.3 Å². The number of phenolic OH excluding ortho intramolecular Hbond substituents is 1. The zero-order chi connectivity index (χ0) is 50.1. The van der Waals surface area contributed by atoms with Gasteiger partial charge in [-0.2, -0.15) is 0 Å². The number of piperidine rings is 3. The number of amides is 2. The third-order valence-corrected chi connectivity index (χ3v) is 15.0. The van der Waals surface area contributed by atoms with Crippen LogP contribution < -0.4 is 15.6 Å². The summed E-state index contributed by atoms with van der Waals surface area (Å²) in [7, 11) is 0. The van der Waals surface area contributed by atoms with E-state index >= 15 is 0 Å². The van der Waals surface area contributed by atoms with Gasteiger partial charge in [-0.15, -0.1) is 0 Å². The highest BCUT2D eigenvalue weighted by atomic mass is 16.6. The number of nitrogens with one attached hydrogen (secondary N) is 2. The lowest BCUT2D eigenvalue weighted by molar-refractivity contribution is -0.164. The Kier molecular flexibility index (Phi) is 15.8. The van der Waals surface area contributed by atoms with Crippen molar-refractivity contribution in [2.45, 2.75) is 63.2 Å². The molecule has 5 N–H and O–H groups in total. The van der Waals surface area contributed by atoms with Gasteiger partial charge in [0.15, 0.2) is 6.61 Å². The molecule has 2 amide bonds. The normalized spacial score (nSPS) is 17.6. The number of H-pyrrole nitrogens is 1. The molecule has 1 aromatic heterocycles. The second-order valence-electron chi connectivity index (χ2n) is 19.9. The molecule has 3 aliphatic heterocycles. The number of nitrogens with zero attached hydrogens (tertiary/aromatic N) is 3. The van der Waals surface area contributed by atoms with Crippen molar-refractivity contribution in [3.8, 4) is 11.5 Å². The number of aliphatic hydroxyl groups excluding tert-OH is 1. The first-order valence-corrected chi connectivity index (χ1v) is 25.3. The van der Waals surface area contributed by atoms with Crippen molar-refractivity contribution in [3.63, 3.8) is 0 Å². The number of aromatic nitrogens is 1. The molecule has 0 saturated carbocycles. The van der Waals surface area contributed by atoms with Crippen LogP contribution >= 0.6 is 0 Å². The zero-order valence-electron chi connectivity index (χ0n) is 40.7. The van der Waals surface area contributed by atoms with E-state index in [2.05, 4.69) is 39.5 Å². The first-order valence-electron chi connectivity index (χ1n) is 25.3. The number of aromatic amines is 1. The van der Waals surface area contributed by atoms with Crippen LogP contribution in [0.4, 0.5) is 0 Å². The molecule has 376 valence electrons. The van der Waals surface area contributed by atoms with Gasteiger partial charge in [-0.05, 0) is 135 Å². The van der Waals surface area contributed by atoms with Crippen molar-refractivity contribution in [1.29, 1.82) is 0 Å². The highest BCUT2D eigenvalue weighted by molar-refractivity contribution is 5.94. The quantitative estimate of drug-likeness (QED) is 0.0484. The summed E-state index contributed by atoms with van der Waals surface area (Å²) in [6, 6.07) is 39.6. The number of pyridine rings is 1. The zero-order valence-corrected chi connectivity index (χ0v) is 40.7. The summed E-state index contributed by atoms with van der Waals surface area (Å²) < 4.78 is 12.0. The average Bonchev–Trinajstić information content (AvgIpc) is 3.42. The van der Waals surface area contributed by atoms with Gasteiger partial charge in [0.25, 0.3) is 11.8 Å². The summed E-state index contributed by atoms with van der Waals surface area (Å²) in [4.78, 5) is 62.0. The van der Waals surface area contributed by atoms with Gasteiger partial charge in [-0.25, -0.2) is 4.79 Å². The minimum Gasteiger partial charge on any atom is -0.506 e. The molecule has 0 bridgehead atoms. The number of phenols is 1. The van der Waals surface area contributed by atoms with Crippen molar-refractivity contribution < 1.29 is 39.2 Å². The maximum Gasteiger partial charge on any atom is 0.347 e. The molecule has 1 spiro atoms. The molecule has 3 fully saturated rings. The number of hydrogen-bond donors (Lipinski definition) is 5. The Hall–Kier alpha value is -6.84. The smallest absolute Gasteiger partial charge is 0.347 e. The molecule has 3 aliphatic rings. The summed E-state index contributed by atoms with van der Waals surface area (Å²) in [5.74, 6) is -0.416. The number of ether oxygens (including phenoxy) is 2. The molecule has 14 heteroatoms. The Bertz CT molecular complexity index is 2860. The Labute approximate surface area is 420 Å². The van der Waals surface area contributed by atoms with E-state index in [4.69, 9.17) is 9.47 Å². The Balaban J connectivity index is 0.730. The van der Waals surface area contributed by atoms with Crippen LogP contribution in [0.5, 0.6) is 11.5 Å². The molecule has 14 nitrogen and oxygen atoms in total. The molecular weight excluding hydrogens is 911 g/mol. The summed E-state index contributed by atoms with van der Waals surface area (Å²) in [6.45, 7) is 6.00. The average molecular weight is 976 g/mol. The number of benzene rings is 5. The molecule has 3 saturated heterocycles. The first kappa shape index (κ1) is 50.1. The van der Waals surface area contributed by atoms with E-state index in [9.17, 15) is 34.5 Å². The molecule has 0 aliphatic carbocycles. The number of rotatable bonds is 17. The highest BCUT2D eigenvalue weighted by Gasteiger charge is 2.43. The van der Waals surface area contributed by atoms with E-state index in [1.807, 2.05) is 46.2 Å². The van der Waals surface area contributed by atoms with Gasteiger partial charge in [-0.1, -0.05) is 91.0 Å². The van der Waals surface area contributed by atoms with E-state index in [-0.39, 0.29) is 54.2 Å². The van der Waals surface area contributed by atoms with Crippen LogP contribution in [0, 0.1) is 11.3 Å². The van der Waals surface area contributed by atoms with Crippen LogP contribution in [0.1, 0.15) is 82.8 Å². The predicted molar refractivity (Wildman–Crippen MR) is 274 cm³/mol. The van der Waals surface area contributed by atoms with Gasteiger partial charge in [0, 0.05) is 61.8 Å². The SMILES string of the molecule is O=C(COc1cccc([C@](O)(C(=O)OCC2CCN(Cc3ccccc3)CC2)c2ccccc2)c1)N1CCCC2(CCN(C(=O)c3ccc(CCNC[C@H](O)c4ccc(O)c5[nH]c(=O)ccc45)cc3)CC2)C1. The fourth-order valence-corrected chi connectivity index (χ4v) is 10.7. The van der Waals surface area contributed by atoms with Crippen molar-refractivity contribution in [3.05, 3.63) is 177 Å². The van der Waals surface area contributed by atoms with Gasteiger partial charge in [0.05, 0.1) is 18.2 Å². The number of aromatic hydroxyl groups is 1. The van der Waals surface area contributed by atoms with Crippen molar-refractivity contribution >= 4 is 28.7 Å². The Morgan fingerprint density at radius 3 is 2.25 bits per heavy atom. The van der Waals surface area contributed by atoms with Crippen LogP contribution in [-0.4, -0.2) is 118 Å². The first-order chi connectivity index (χ1) is 35.0. The molecule has 2 atom stereocenters. The fourth-order valence-electron chi connectivity index (χ4n) is 10.7. The van der Waals surface area contributed by atoms with Crippen LogP contribution in [0.3, 0.4) is 0 Å². The van der Waals surface area contributed by atoms with E-state index in [0.29, 0.717) is 78.1 Å². The van der Waals surface area contributed by atoms with Crippen LogP contribution in [-0.2, 0) is 32.9 Å². The number of esters is 1. The largest absolute Gasteiger partial charge is 0.506 e. The lowest BCUT2D eigenvalue weighted by Gasteiger charge is -2.47. The summed E-state index contributed by atoms with van der Waals surface area (Å²) >= 11 is 0. The minimum absolute atomic E-state index is 0.0117. The number of likely N-dealkylation sites (tertiary alicyclic amines) is 3. The predicted octanol–water partition coefficient (Wildman–Crippen LogP) is 6.71. The highest BCUT2D eigenvalue weighted by Crippen LogP contribution is 2.41.